The molecule has 1 heterocycles. The van der Waals surface area contributed by atoms with Crippen LogP contribution in [0.15, 0.2) is 54.6 Å². The third kappa shape index (κ3) is 10.4. The molecule has 0 aromatic heterocycles. The molecular weight excluding hydrogens is 560 g/mol. The Balaban J connectivity index is 1.75. The molecule has 2 aromatic carbocycles. The molecule has 44 heavy (non-hydrogen) atoms. The van der Waals surface area contributed by atoms with Crippen molar-refractivity contribution in [3.63, 3.8) is 0 Å². The third-order valence-corrected chi connectivity index (χ3v) is 7.93. The van der Waals surface area contributed by atoms with Crippen molar-refractivity contribution in [3.8, 4) is 0 Å². The lowest BCUT2D eigenvalue weighted by Crippen LogP contribution is -2.56. The molecule has 10 heteroatoms. The molecule has 0 unspecified atom stereocenters. The summed E-state index contributed by atoms with van der Waals surface area (Å²) in [5, 5.41) is 30.9. The van der Waals surface area contributed by atoms with Crippen LogP contribution in [-0.2, 0) is 16.0 Å². The topological polar surface area (TPSA) is 140 Å². The van der Waals surface area contributed by atoms with Crippen LogP contribution in [0.5, 0.6) is 0 Å². The van der Waals surface area contributed by atoms with E-state index in [1.165, 1.54) is 0 Å². The fourth-order valence-corrected chi connectivity index (χ4v) is 5.50. The summed E-state index contributed by atoms with van der Waals surface area (Å²) >= 11 is 0. The summed E-state index contributed by atoms with van der Waals surface area (Å²) in [6.07, 6.45) is 1.22. The zero-order valence-electron chi connectivity index (χ0n) is 26.5. The molecule has 1 fully saturated rings. The van der Waals surface area contributed by atoms with E-state index in [1.54, 1.807) is 36.3 Å². The first-order valence-electron chi connectivity index (χ1n) is 15.8. The molecule has 2 aromatic rings. The number of likely N-dealkylation sites (tertiary alicyclic amines) is 1. The van der Waals surface area contributed by atoms with E-state index in [0.717, 1.165) is 18.4 Å². The molecule has 0 spiro atoms. The molecule has 0 saturated carbocycles. The predicted octanol–water partition coefficient (Wildman–Crippen LogP) is 2.53. The van der Waals surface area contributed by atoms with Crippen LogP contribution in [0, 0.1) is 5.92 Å². The quantitative estimate of drug-likeness (QED) is 0.185. The van der Waals surface area contributed by atoms with Crippen LogP contribution in [0.1, 0.15) is 72.7 Å². The molecule has 5 N–H and O–H groups in total. The summed E-state index contributed by atoms with van der Waals surface area (Å²) in [5.41, 5.74) is 1.64. The Hall–Kier alpha value is -3.31. The van der Waals surface area contributed by atoms with E-state index in [4.69, 9.17) is 4.74 Å². The van der Waals surface area contributed by atoms with Gasteiger partial charge in [-0.05, 0) is 55.4 Å². The SMILES string of the molecule is CCC[C@H](O)[C@H](NC[C@@H](O)[C@H](Cc1ccccc1)NC(=O)c1cccc(C(=O)N2CCC[C@@H]2COC)c1)C(=O)NCC(C)C. The third-order valence-electron chi connectivity index (χ3n) is 7.93. The maximum Gasteiger partial charge on any atom is 0.254 e. The van der Waals surface area contributed by atoms with Gasteiger partial charge in [0.05, 0.1) is 30.9 Å². The number of aliphatic hydroxyl groups excluding tert-OH is 2. The highest BCUT2D eigenvalue weighted by Crippen LogP contribution is 2.21. The highest BCUT2D eigenvalue weighted by molar-refractivity contribution is 6.00. The van der Waals surface area contributed by atoms with Crippen molar-refractivity contribution >= 4 is 17.7 Å². The van der Waals surface area contributed by atoms with Crippen LogP contribution in [0.25, 0.3) is 0 Å². The summed E-state index contributed by atoms with van der Waals surface area (Å²) in [6.45, 7) is 7.45. The normalized spacial score (nSPS) is 17.6. The number of hydrogen-bond donors (Lipinski definition) is 5. The average Bonchev–Trinajstić information content (AvgIpc) is 3.48. The Morgan fingerprint density at radius 1 is 1.00 bits per heavy atom. The second-order valence-corrected chi connectivity index (χ2v) is 12.0. The van der Waals surface area contributed by atoms with E-state index in [1.807, 2.05) is 51.1 Å². The Labute approximate surface area is 261 Å². The second-order valence-electron chi connectivity index (χ2n) is 12.0. The zero-order chi connectivity index (χ0) is 32.1. The van der Waals surface area contributed by atoms with E-state index >= 15 is 0 Å². The van der Waals surface area contributed by atoms with Crippen LogP contribution in [-0.4, -0.2) is 96.5 Å². The average molecular weight is 611 g/mol. The molecule has 3 rings (SSSR count). The largest absolute Gasteiger partial charge is 0.391 e. The summed E-state index contributed by atoms with van der Waals surface area (Å²) in [7, 11) is 1.62. The lowest BCUT2D eigenvalue weighted by Gasteiger charge is -2.29. The van der Waals surface area contributed by atoms with E-state index in [-0.39, 0.29) is 30.3 Å². The van der Waals surface area contributed by atoms with Crippen molar-refractivity contribution in [2.45, 2.75) is 83.2 Å². The molecule has 10 nitrogen and oxygen atoms in total. The molecule has 0 aliphatic carbocycles. The molecule has 5 atom stereocenters. The summed E-state index contributed by atoms with van der Waals surface area (Å²) in [6, 6.07) is 14.5. The Morgan fingerprint density at radius 3 is 2.41 bits per heavy atom. The van der Waals surface area contributed by atoms with E-state index in [2.05, 4.69) is 16.0 Å². The molecule has 3 amide bonds. The maximum atomic E-state index is 13.5. The van der Waals surface area contributed by atoms with Crippen LogP contribution in [0.2, 0.25) is 0 Å². The highest BCUT2D eigenvalue weighted by atomic mass is 16.5. The van der Waals surface area contributed by atoms with Crippen LogP contribution < -0.4 is 16.0 Å². The van der Waals surface area contributed by atoms with Gasteiger partial charge >= 0.3 is 0 Å². The van der Waals surface area contributed by atoms with Gasteiger partial charge in [-0.15, -0.1) is 0 Å². The van der Waals surface area contributed by atoms with Gasteiger partial charge in [0, 0.05) is 37.9 Å². The number of nitrogens with one attached hydrogen (secondary N) is 3. The minimum Gasteiger partial charge on any atom is -0.391 e. The van der Waals surface area contributed by atoms with Gasteiger partial charge in [-0.3, -0.25) is 14.4 Å². The fraction of sp³-hybridized carbons (Fsp3) is 0.559. The lowest BCUT2D eigenvalue weighted by atomic mass is 9.99. The van der Waals surface area contributed by atoms with Gasteiger partial charge in [-0.2, -0.15) is 0 Å². The van der Waals surface area contributed by atoms with Gasteiger partial charge < -0.3 is 35.8 Å². The van der Waals surface area contributed by atoms with Crippen molar-refractivity contribution < 1.29 is 29.3 Å². The van der Waals surface area contributed by atoms with E-state index < -0.39 is 30.2 Å². The standard InChI is InChI=1S/C34H50N4O6/c1-5-11-29(39)31(33(42)36-20-23(2)3)35-21-30(40)28(18-24-12-7-6-8-13-24)37-32(41)25-14-9-15-26(19-25)34(43)38-17-10-16-27(38)22-44-4/h6-9,12-15,19,23,27-31,35,39-40H,5,10-11,16-18,20-22H2,1-4H3,(H,36,42)(H,37,41)/t27-,28+,29+,30-,31+/m1/s1. The summed E-state index contributed by atoms with van der Waals surface area (Å²) in [4.78, 5) is 41.5. The number of amides is 3. The fourth-order valence-electron chi connectivity index (χ4n) is 5.50. The molecule has 0 bridgehead atoms. The molecule has 1 aliphatic heterocycles. The van der Waals surface area contributed by atoms with Crippen molar-refractivity contribution in [3.05, 3.63) is 71.3 Å². The van der Waals surface area contributed by atoms with E-state index in [0.29, 0.717) is 50.1 Å². The van der Waals surface area contributed by atoms with Gasteiger partial charge in [0.1, 0.15) is 6.04 Å². The minimum atomic E-state index is -1.09. The van der Waals surface area contributed by atoms with Gasteiger partial charge in [-0.25, -0.2) is 0 Å². The Bertz CT molecular complexity index is 1190. The minimum absolute atomic E-state index is 0.00927. The van der Waals surface area contributed by atoms with E-state index in [9.17, 15) is 24.6 Å². The van der Waals surface area contributed by atoms with Crippen LogP contribution in [0.4, 0.5) is 0 Å². The number of benzene rings is 2. The van der Waals surface area contributed by atoms with Crippen molar-refractivity contribution in [2.75, 3.05) is 33.4 Å². The monoisotopic (exact) mass is 610 g/mol. The van der Waals surface area contributed by atoms with Gasteiger partial charge in [-0.1, -0.05) is 63.6 Å². The van der Waals surface area contributed by atoms with Crippen LogP contribution in [0.3, 0.4) is 0 Å². The molecule has 0 radical (unpaired) electrons. The van der Waals surface area contributed by atoms with Crippen LogP contribution >= 0.6 is 0 Å². The van der Waals surface area contributed by atoms with Crippen molar-refractivity contribution in [1.29, 1.82) is 0 Å². The first-order valence-corrected chi connectivity index (χ1v) is 15.8. The number of hydrogen-bond acceptors (Lipinski definition) is 7. The molecule has 1 aliphatic rings. The lowest BCUT2D eigenvalue weighted by molar-refractivity contribution is -0.126. The van der Waals surface area contributed by atoms with Gasteiger partial charge in [0.2, 0.25) is 5.91 Å². The molecule has 242 valence electrons. The Morgan fingerprint density at radius 2 is 1.73 bits per heavy atom. The van der Waals surface area contributed by atoms with Gasteiger partial charge in [0.15, 0.2) is 0 Å². The maximum absolute atomic E-state index is 13.5. The van der Waals surface area contributed by atoms with Crippen molar-refractivity contribution in [1.82, 2.24) is 20.9 Å². The summed E-state index contributed by atoms with van der Waals surface area (Å²) in [5.74, 6) is -0.652. The number of nitrogens with zero attached hydrogens (tertiary/aromatic N) is 1. The number of carbonyl (C=O) groups is 3. The Kier molecular flexibility index (Phi) is 14.3. The number of rotatable bonds is 17. The predicted molar refractivity (Wildman–Crippen MR) is 170 cm³/mol. The highest BCUT2D eigenvalue weighted by Gasteiger charge is 2.31. The molecular formula is C34H50N4O6. The number of methoxy groups -OCH3 is 1. The number of aliphatic hydroxyl groups is 2. The van der Waals surface area contributed by atoms with Crippen molar-refractivity contribution in [2.24, 2.45) is 5.92 Å². The zero-order valence-corrected chi connectivity index (χ0v) is 26.5. The first kappa shape index (κ1) is 35.2. The van der Waals surface area contributed by atoms with Gasteiger partial charge in [0.25, 0.3) is 11.8 Å². The smallest absolute Gasteiger partial charge is 0.254 e. The number of carbonyl (C=O) groups excluding carboxylic acids is 3. The number of ether oxygens (including phenoxy) is 1. The first-order chi connectivity index (χ1) is 21.1. The molecule has 1 saturated heterocycles. The second kappa shape index (κ2) is 17.9. The summed E-state index contributed by atoms with van der Waals surface area (Å²) < 4.78 is 5.29.